The van der Waals surface area contributed by atoms with Gasteiger partial charge in [-0.3, -0.25) is 0 Å². The van der Waals surface area contributed by atoms with Gasteiger partial charge in [-0.1, -0.05) is 12.1 Å². The summed E-state index contributed by atoms with van der Waals surface area (Å²) in [5.74, 6) is 0. The van der Waals surface area contributed by atoms with Crippen molar-refractivity contribution in [2.45, 2.75) is 31.8 Å². The Morgan fingerprint density at radius 2 is 2.06 bits per heavy atom. The molecule has 1 heterocycles. The summed E-state index contributed by atoms with van der Waals surface area (Å²) in [6, 6.07) is 8.62. The summed E-state index contributed by atoms with van der Waals surface area (Å²) in [4.78, 5) is 4.05. The van der Waals surface area contributed by atoms with Gasteiger partial charge in [-0.15, -0.1) is 0 Å². The van der Waals surface area contributed by atoms with Crippen molar-refractivity contribution in [3.8, 4) is 5.69 Å². The SMILES string of the molecule is CC1(NCc2ccc(-n3ccnc3)cc2)CC1. The molecule has 1 N–H and O–H groups in total. The second-order valence-electron chi connectivity index (χ2n) is 5.05. The van der Waals surface area contributed by atoms with E-state index >= 15 is 0 Å². The van der Waals surface area contributed by atoms with Crippen LogP contribution in [-0.2, 0) is 6.54 Å². The number of hydrogen-bond acceptors (Lipinski definition) is 2. The molecular formula is C14H17N3. The molecule has 0 spiro atoms. The molecule has 1 fully saturated rings. The van der Waals surface area contributed by atoms with Crippen LogP contribution in [0, 0.1) is 0 Å². The fourth-order valence-electron chi connectivity index (χ4n) is 1.88. The molecule has 0 bridgehead atoms. The average Bonchev–Trinajstić information content (AvgIpc) is 2.89. The first-order chi connectivity index (χ1) is 8.25. The molecular weight excluding hydrogens is 210 g/mol. The van der Waals surface area contributed by atoms with E-state index in [2.05, 4.69) is 41.5 Å². The first kappa shape index (κ1) is 10.5. The highest BCUT2D eigenvalue weighted by molar-refractivity contribution is 5.34. The zero-order chi connectivity index (χ0) is 11.7. The van der Waals surface area contributed by atoms with Gasteiger partial charge in [-0.25, -0.2) is 4.98 Å². The van der Waals surface area contributed by atoms with Crippen molar-refractivity contribution in [2.24, 2.45) is 0 Å². The first-order valence-corrected chi connectivity index (χ1v) is 6.08. The molecule has 2 aromatic rings. The third kappa shape index (κ3) is 2.39. The van der Waals surface area contributed by atoms with Crippen LogP contribution in [0.5, 0.6) is 0 Å². The molecule has 1 aromatic heterocycles. The Kier molecular flexibility index (Phi) is 2.48. The first-order valence-electron chi connectivity index (χ1n) is 6.08. The Morgan fingerprint density at radius 3 is 2.65 bits per heavy atom. The Labute approximate surface area is 101 Å². The van der Waals surface area contributed by atoms with E-state index < -0.39 is 0 Å². The van der Waals surface area contributed by atoms with Crippen LogP contribution in [0.2, 0.25) is 0 Å². The van der Waals surface area contributed by atoms with Gasteiger partial charge in [0.1, 0.15) is 0 Å². The van der Waals surface area contributed by atoms with Crippen molar-refractivity contribution in [1.82, 2.24) is 14.9 Å². The van der Waals surface area contributed by atoms with Gasteiger partial charge in [0, 0.05) is 30.2 Å². The largest absolute Gasteiger partial charge is 0.307 e. The molecule has 0 aliphatic heterocycles. The fraction of sp³-hybridized carbons (Fsp3) is 0.357. The summed E-state index contributed by atoms with van der Waals surface area (Å²) >= 11 is 0. The van der Waals surface area contributed by atoms with Crippen molar-refractivity contribution in [2.75, 3.05) is 0 Å². The lowest BCUT2D eigenvalue weighted by Crippen LogP contribution is -2.26. The van der Waals surface area contributed by atoms with E-state index in [0.717, 1.165) is 12.2 Å². The highest BCUT2D eigenvalue weighted by Gasteiger charge is 2.36. The van der Waals surface area contributed by atoms with Gasteiger partial charge in [0.15, 0.2) is 0 Å². The molecule has 1 aliphatic carbocycles. The maximum atomic E-state index is 4.05. The minimum atomic E-state index is 0.406. The van der Waals surface area contributed by atoms with Crippen LogP contribution >= 0.6 is 0 Å². The quantitative estimate of drug-likeness (QED) is 0.869. The summed E-state index contributed by atoms with van der Waals surface area (Å²) in [7, 11) is 0. The molecule has 0 saturated heterocycles. The molecule has 3 nitrogen and oxygen atoms in total. The molecule has 88 valence electrons. The summed E-state index contributed by atoms with van der Waals surface area (Å²) in [5, 5.41) is 3.58. The summed E-state index contributed by atoms with van der Waals surface area (Å²) < 4.78 is 2.01. The van der Waals surface area contributed by atoms with Crippen LogP contribution in [0.4, 0.5) is 0 Å². The molecule has 1 saturated carbocycles. The lowest BCUT2D eigenvalue weighted by Gasteiger charge is -2.11. The molecule has 0 unspecified atom stereocenters. The molecule has 17 heavy (non-hydrogen) atoms. The van der Waals surface area contributed by atoms with E-state index in [9.17, 15) is 0 Å². The standard InChI is InChI=1S/C14H17N3/c1-14(6-7-14)16-10-12-2-4-13(5-3-12)17-9-8-15-11-17/h2-5,8-9,11,16H,6-7,10H2,1H3. The zero-order valence-corrected chi connectivity index (χ0v) is 10.1. The van der Waals surface area contributed by atoms with Gasteiger partial charge >= 0.3 is 0 Å². The highest BCUT2D eigenvalue weighted by Crippen LogP contribution is 2.34. The second-order valence-corrected chi connectivity index (χ2v) is 5.05. The van der Waals surface area contributed by atoms with Crippen LogP contribution in [0.15, 0.2) is 43.0 Å². The van der Waals surface area contributed by atoms with Gasteiger partial charge in [-0.05, 0) is 37.5 Å². The number of imidazole rings is 1. The normalized spacial score (nSPS) is 17.0. The van der Waals surface area contributed by atoms with E-state index in [1.165, 1.54) is 18.4 Å². The predicted octanol–water partition coefficient (Wildman–Crippen LogP) is 2.51. The molecule has 0 amide bonds. The van der Waals surface area contributed by atoms with Gasteiger partial charge in [0.2, 0.25) is 0 Å². The molecule has 3 heteroatoms. The van der Waals surface area contributed by atoms with E-state index in [-0.39, 0.29) is 0 Å². The third-order valence-corrected chi connectivity index (χ3v) is 3.46. The molecule has 3 rings (SSSR count). The molecule has 0 radical (unpaired) electrons. The van der Waals surface area contributed by atoms with Crippen LogP contribution < -0.4 is 5.32 Å². The molecule has 0 atom stereocenters. The lowest BCUT2D eigenvalue weighted by molar-refractivity contribution is 0.538. The summed E-state index contributed by atoms with van der Waals surface area (Å²) in [6.45, 7) is 3.24. The van der Waals surface area contributed by atoms with Gasteiger partial charge in [0.05, 0.1) is 6.33 Å². The van der Waals surface area contributed by atoms with Crippen molar-refractivity contribution >= 4 is 0 Å². The fourth-order valence-corrected chi connectivity index (χ4v) is 1.88. The van der Waals surface area contributed by atoms with Gasteiger partial charge in [-0.2, -0.15) is 0 Å². The Balaban J connectivity index is 1.67. The Bertz CT molecular complexity index is 481. The van der Waals surface area contributed by atoms with Crippen molar-refractivity contribution in [1.29, 1.82) is 0 Å². The highest BCUT2D eigenvalue weighted by atomic mass is 15.0. The molecule has 1 aromatic carbocycles. The number of nitrogens with zero attached hydrogens (tertiary/aromatic N) is 2. The van der Waals surface area contributed by atoms with Crippen LogP contribution in [0.1, 0.15) is 25.3 Å². The number of rotatable bonds is 4. The van der Waals surface area contributed by atoms with E-state index in [1.807, 2.05) is 17.1 Å². The van der Waals surface area contributed by atoms with E-state index in [1.54, 1.807) is 6.20 Å². The second kappa shape index (κ2) is 4.00. The van der Waals surface area contributed by atoms with E-state index in [0.29, 0.717) is 5.54 Å². The third-order valence-electron chi connectivity index (χ3n) is 3.46. The minimum absolute atomic E-state index is 0.406. The number of aromatic nitrogens is 2. The monoisotopic (exact) mass is 227 g/mol. The summed E-state index contributed by atoms with van der Waals surface area (Å²) in [6.07, 6.45) is 8.18. The zero-order valence-electron chi connectivity index (χ0n) is 10.1. The number of benzene rings is 1. The number of hydrogen-bond donors (Lipinski definition) is 1. The van der Waals surface area contributed by atoms with Crippen LogP contribution in [0.3, 0.4) is 0 Å². The average molecular weight is 227 g/mol. The van der Waals surface area contributed by atoms with Crippen molar-refractivity contribution < 1.29 is 0 Å². The topological polar surface area (TPSA) is 29.9 Å². The minimum Gasteiger partial charge on any atom is -0.307 e. The predicted molar refractivity (Wildman–Crippen MR) is 68.0 cm³/mol. The Morgan fingerprint density at radius 1 is 1.29 bits per heavy atom. The number of nitrogens with one attached hydrogen (secondary N) is 1. The van der Waals surface area contributed by atoms with Crippen LogP contribution in [-0.4, -0.2) is 15.1 Å². The lowest BCUT2D eigenvalue weighted by atomic mass is 10.2. The Hall–Kier alpha value is -1.61. The molecule has 1 aliphatic rings. The smallest absolute Gasteiger partial charge is 0.0991 e. The maximum Gasteiger partial charge on any atom is 0.0991 e. The van der Waals surface area contributed by atoms with Crippen LogP contribution in [0.25, 0.3) is 5.69 Å². The van der Waals surface area contributed by atoms with Crippen molar-refractivity contribution in [3.63, 3.8) is 0 Å². The summed E-state index contributed by atoms with van der Waals surface area (Å²) in [5.41, 5.74) is 2.90. The maximum absolute atomic E-state index is 4.05. The van der Waals surface area contributed by atoms with Gasteiger partial charge in [0.25, 0.3) is 0 Å². The van der Waals surface area contributed by atoms with Gasteiger partial charge < -0.3 is 9.88 Å². The van der Waals surface area contributed by atoms with E-state index in [4.69, 9.17) is 0 Å². The van der Waals surface area contributed by atoms with Crippen molar-refractivity contribution in [3.05, 3.63) is 48.5 Å².